The molecule has 0 N–H and O–H groups in total. The highest BCUT2D eigenvalue weighted by atomic mass is 79.9. The summed E-state index contributed by atoms with van der Waals surface area (Å²) >= 11 is 3.31. The second kappa shape index (κ2) is 5.03. The number of amides is 2. The maximum absolute atomic E-state index is 12.5. The van der Waals surface area contributed by atoms with E-state index in [-0.39, 0.29) is 11.8 Å². The van der Waals surface area contributed by atoms with Gasteiger partial charge in [-0.25, -0.2) is 0 Å². The number of likely N-dealkylation sites (N-methyl/N-ethyl adjacent to an activating group) is 1. The maximum atomic E-state index is 12.5. The van der Waals surface area contributed by atoms with Crippen LogP contribution in [0.5, 0.6) is 0 Å². The molecule has 0 spiro atoms. The van der Waals surface area contributed by atoms with Gasteiger partial charge in [0.25, 0.3) is 11.8 Å². The number of carbonyl (C=O) groups is 2. The van der Waals surface area contributed by atoms with Crippen molar-refractivity contribution in [3.63, 3.8) is 0 Å². The third-order valence-corrected chi connectivity index (χ3v) is 5.00. The van der Waals surface area contributed by atoms with Crippen molar-refractivity contribution >= 4 is 54.9 Å². The first kappa shape index (κ1) is 14.2. The second-order valence-corrected chi connectivity index (χ2v) is 6.34. The van der Waals surface area contributed by atoms with Crippen molar-refractivity contribution in [3.05, 3.63) is 64.6 Å². The average Bonchev–Trinajstić information content (AvgIpc) is 2.78. The van der Waals surface area contributed by atoms with Crippen LogP contribution in [0.3, 0.4) is 0 Å². The molecule has 112 valence electrons. The zero-order valence-electron chi connectivity index (χ0n) is 12.3. The van der Waals surface area contributed by atoms with Crippen molar-refractivity contribution in [3.8, 4) is 0 Å². The van der Waals surface area contributed by atoms with E-state index in [9.17, 15) is 9.59 Å². The van der Waals surface area contributed by atoms with Crippen LogP contribution in [0.15, 0.2) is 59.1 Å². The normalized spacial score (nSPS) is 15.3. The monoisotopic (exact) mass is 365 g/mol. The lowest BCUT2D eigenvalue weighted by atomic mass is 9.93. The Balaban J connectivity index is 2.15. The molecule has 0 bridgehead atoms. The van der Waals surface area contributed by atoms with Crippen LogP contribution in [0.25, 0.3) is 27.1 Å². The van der Waals surface area contributed by atoms with Gasteiger partial charge >= 0.3 is 0 Å². The predicted octanol–water partition coefficient (Wildman–Crippen LogP) is 4.10. The minimum atomic E-state index is -0.303. The summed E-state index contributed by atoms with van der Waals surface area (Å²) in [6, 6.07) is 18.0. The van der Waals surface area contributed by atoms with Crippen molar-refractivity contribution in [2.75, 3.05) is 7.05 Å². The summed E-state index contributed by atoms with van der Waals surface area (Å²) in [5.74, 6) is -0.579. The molecule has 2 amide bonds. The number of hydrogen-bond acceptors (Lipinski definition) is 2. The summed E-state index contributed by atoms with van der Waals surface area (Å²) in [5, 5.41) is 4.22. The van der Waals surface area contributed by atoms with E-state index in [2.05, 4.69) is 22.0 Å². The lowest BCUT2D eigenvalue weighted by molar-refractivity contribution is -0.134. The van der Waals surface area contributed by atoms with Gasteiger partial charge in [-0.15, -0.1) is 0 Å². The lowest BCUT2D eigenvalue weighted by Gasteiger charge is -2.12. The largest absolute Gasteiger partial charge is 0.277 e. The maximum Gasteiger partial charge on any atom is 0.268 e. The molecule has 0 atom stereocenters. The summed E-state index contributed by atoms with van der Waals surface area (Å²) in [5.41, 5.74) is 1.22. The number of halogens is 1. The first-order valence-corrected chi connectivity index (χ1v) is 8.02. The summed E-state index contributed by atoms with van der Waals surface area (Å²) in [6.45, 7) is 0. The Bertz CT molecular complexity index is 1040. The molecule has 0 radical (unpaired) electrons. The molecule has 0 aliphatic carbocycles. The van der Waals surface area contributed by atoms with Gasteiger partial charge in [-0.3, -0.25) is 14.5 Å². The summed E-state index contributed by atoms with van der Waals surface area (Å²) in [4.78, 5) is 25.8. The van der Waals surface area contributed by atoms with Crippen LogP contribution < -0.4 is 0 Å². The van der Waals surface area contributed by atoms with Crippen molar-refractivity contribution in [2.45, 2.75) is 0 Å². The van der Waals surface area contributed by atoms with E-state index in [1.165, 1.54) is 7.05 Å². The number of hydrogen-bond donors (Lipinski definition) is 0. The number of imide groups is 1. The van der Waals surface area contributed by atoms with E-state index in [0.717, 1.165) is 32.0 Å². The van der Waals surface area contributed by atoms with E-state index in [0.29, 0.717) is 10.1 Å². The molecule has 0 aromatic heterocycles. The fraction of sp³-hybridized carbons (Fsp3) is 0.0526. The van der Waals surface area contributed by atoms with Gasteiger partial charge in [0.2, 0.25) is 0 Å². The highest BCUT2D eigenvalue weighted by Crippen LogP contribution is 2.38. The minimum Gasteiger partial charge on any atom is -0.277 e. The zero-order chi connectivity index (χ0) is 16.1. The second-order valence-electron chi connectivity index (χ2n) is 5.55. The Morgan fingerprint density at radius 3 is 2.09 bits per heavy atom. The molecule has 0 unspecified atom stereocenters. The van der Waals surface area contributed by atoms with Gasteiger partial charge in [0, 0.05) is 7.05 Å². The van der Waals surface area contributed by atoms with E-state index >= 15 is 0 Å². The molecule has 23 heavy (non-hydrogen) atoms. The highest BCUT2D eigenvalue weighted by Gasteiger charge is 2.35. The van der Waals surface area contributed by atoms with Crippen LogP contribution in [0.1, 0.15) is 5.56 Å². The van der Waals surface area contributed by atoms with Crippen molar-refractivity contribution in [2.24, 2.45) is 0 Å². The molecular weight excluding hydrogens is 354 g/mol. The molecule has 3 aromatic carbocycles. The first-order valence-electron chi connectivity index (χ1n) is 7.22. The molecule has 4 heteroatoms. The van der Waals surface area contributed by atoms with Crippen LogP contribution in [-0.4, -0.2) is 23.8 Å². The molecule has 0 fully saturated rings. The fourth-order valence-electron chi connectivity index (χ4n) is 3.10. The SMILES string of the molecule is CN1C(=O)C(Br)=C(c2cc3ccccc3c3ccccc23)C1=O. The number of carbonyl (C=O) groups excluding carboxylic acids is 2. The highest BCUT2D eigenvalue weighted by molar-refractivity contribution is 9.12. The Morgan fingerprint density at radius 1 is 0.826 bits per heavy atom. The van der Waals surface area contributed by atoms with Gasteiger partial charge < -0.3 is 0 Å². The molecule has 3 nitrogen and oxygen atoms in total. The summed E-state index contributed by atoms with van der Waals surface area (Å²) in [6.07, 6.45) is 0. The third kappa shape index (κ3) is 1.95. The van der Waals surface area contributed by atoms with Gasteiger partial charge in [-0.05, 0) is 49.1 Å². The average molecular weight is 366 g/mol. The summed E-state index contributed by atoms with van der Waals surface area (Å²) in [7, 11) is 1.50. The molecule has 1 aliphatic heterocycles. The van der Waals surface area contributed by atoms with Crippen molar-refractivity contribution in [1.82, 2.24) is 4.90 Å². The van der Waals surface area contributed by atoms with E-state index in [4.69, 9.17) is 0 Å². The van der Waals surface area contributed by atoms with E-state index in [1.807, 2.05) is 48.5 Å². The smallest absolute Gasteiger partial charge is 0.268 e. The molecule has 4 rings (SSSR count). The minimum absolute atomic E-state index is 0.276. The molecule has 1 heterocycles. The summed E-state index contributed by atoms with van der Waals surface area (Å²) < 4.78 is 0.324. The Labute approximate surface area is 141 Å². The van der Waals surface area contributed by atoms with Gasteiger partial charge in [0.15, 0.2) is 0 Å². The van der Waals surface area contributed by atoms with Crippen LogP contribution in [0.4, 0.5) is 0 Å². The van der Waals surface area contributed by atoms with Crippen LogP contribution in [0, 0.1) is 0 Å². The van der Waals surface area contributed by atoms with Crippen molar-refractivity contribution < 1.29 is 9.59 Å². The van der Waals surface area contributed by atoms with Gasteiger partial charge in [0.05, 0.1) is 10.1 Å². The Hall–Kier alpha value is -2.46. The Kier molecular flexibility index (Phi) is 3.10. The quantitative estimate of drug-likeness (QED) is 0.480. The van der Waals surface area contributed by atoms with E-state index in [1.54, 1.807) is 0 Å². The number of fused-ring (bicyclic) bond motifs is 3. The number of benzene rings is 3. The predicted molar refractivity (Wildman–Crippen MR) is 95.1 cm³/mol. The van der Waals surface area contributed by atoms with Crippen molar-refractivity contribution in [1.29, 1.82) is 0 Å². The Morgan fingerprint density at radius 2 is 1.43 bits per heavy atom. The van der Waals surface area contributed by atoms with E-state index < -0.39 is 0 Å². The number of rotatable bonds is 1. The van der Waals surface area contributed by atoms with Crippen LogP contribution >= 0.6 is 15.9 Å². The van der Waals surface area contributed by atoms with Crippen LogP contribution in [-0.2, 0) is 9.59 Å². The van der Waals surface area contributed by atoms with Gasteiger partial charge in [-0.1, -0.05) is 48.5 Å². The van der Waals surface area contributed by atoms with Gasteiger partial charge in [-0.2, -0.15) is 0 Å². The van der Waals surface area contributed by atoms with Gasteiger partial charge in [0.1, 0.15) is 0 Å². The standard InChI is InChI=1S/C19H12BrNO2/c1-21-18(22)16(17(20)19(21)23)15-10-11-6-2-3-7-12(11)13-8-4-5-9-14(13)15/h2-10H,1H3. The topological polar surface area (TPSA) is 37.4 Å². The third-order valence-electron chi connectivity index (χ3n) is 4.27. The molecular formula is C19H12BrNO2. The molecule has 1 aliphatic rings. The zero-order valence-corrected chi connectivity index (χ0v) is 13.9. The van der Waals surface area contributed by atoms with Crippen LogP contribution in [0.2, 0.25) is 0 Å². The molecule has 0 saturated heterocycles. The molecule has 3 aromatic rings. The fourth-order valence-corrected chi connectivity index (χ4v) is 3.75. The molecule has 0 saturated carbocycles. The lowest BCUT2D eigenvalue weighted by Crippen LogP contribution is -2.26. The number of nitrogens with zero attached hydrogens (tertiary/aromatic N) is 1. The first-order chi connectivity index (χ1) is 11.1.